The van der Waals surface area contributed by atoms with Gasteiger partial charge in [-0.25, -0.2) is 0 Å². The number of pyridine rings is 1. The fourth-order valence-electron chi connectivity index (χ4n) is 3.16. The van der Waals surface area contributed by atoms with Crippen molar-refractivity contribution < 1.29 is 9.59 Å². The summed E-state index contributed by atoms with van der Waals surface area (Å²) in [4.78, 5) is 29.2. The van der Waals surface area contributed by atoms with Crippen LogP contribution in [0, 0.1) is 0 Å². The quantitative estimate of drug-likeness (QED) is 0.662. The van der Waals surface area contributed by atoms with Crippen LogP contribution in [0.5, 0.6) is 0 Å². The predicted molar refractivity (Wildman–Crippen MR) is 102 cm³/mol. The van der Waals surface area contributed by atoms with Crippen molar-refractivity contribution in [1.82, 2.24) is 15.6 Å². The van der Waals surface area contributed by atoms with Crippen molar-refractivity contribution in [2.75, 3.05) is 12.3 Å². The van der Waals surface area contributed by atoms with E-state index in [0.717, 1.165) is 56.3 Å². The number of nitrogens with zero attached hydrogens (tertiary/aromatic N) is 1. The first-order chi connectivity index (χ1) is 12.2. The lowest BCUT2D eigenvalue weighted by Crippen LogP contribution is -2.60. The van der Waals surface area contributed by atoms with Crippen molar-refractivity contribution in [1.29, 1.82) is 0 Å². The summed E-state index contributed by atoms with van der Waals surface area (Å²) < 4.78 is 0. The predicted octanol–water partition coefficient (Wildman–Crippen LogP) is 3.05. The zero-order valence-corrected chi connectivity index (χ0v) is 15.9. The molecule has 1 heterocycles. The molecule has 1 aliphatic rings. The van der Waals surface area contributed by atoms with E-state index < -0.39 is 5.54 Å². The molecular weight excluding hydrogens is 334 g/mol. The molecule has 2 amide bonds. The minimum Gasteiger partial charge on any atom is -0.354 e. The fraction of sp³-hybridized carbons (Fsp3) is 0.632. The Morgan fingerprint density at radius 3 is 2.76 bits per heavy atom. The Morgan fingerprint density at radius 2 is 2.08 bits per heavy atom. The summed E-state index contributed by atoms with van der Waals surface area (Å²) in [7, 11) is 0. The molecule has 0 aliphatic heterocycles. The standard InChI is InChI=1S/C19H29N3O2S/c1-2-3-12-21-18(24)19(9-5-4-6-10-19)22-17(23)15-25-14-16-8-7-11-20-13-16/h7-8,11,13H,2-6,9-10,12,14-15H2,1H3,(H,21,24)(H,22,23). The lowest BCUT2D eigenvalue weighted by Gasteiger charge is -2.36. The lowest BCUT2D eigenvalue weighted by molar-refractivity contribution is -0.134. The molecular formula is C19H29N3O2S. The maximum Gasteiger partial charge on any atom is 0.245 e. The van der Waals surface area contributed by atoms with Crippen LogP contribution in [0.2, 0.25) is 0 Å². The first-order valence-corrected chi connectivity index (χ1v) is 10.4. The third-order valence-corrected chi connectivity index (χ3v) is 5.56. The Balaban J connectivity index is 1.85. The second-order valence-electron chi connectivity index (χ2n) is 6.65. The average molecular weight is 364 g/mol. The smallest absolute Gasteiger partial charge is 0.245 e. The van der Waals surface area contributed by atoms with Gasteiger partial charge in [-0.15, -0.1) is 11.8 Å². The maximum absolute atomic E-state index is 12.7. The van der Waals surface area contributed by atoms with Gasteiger partial charge in [-0.1, -0.05) is 38.7 Å². The van der Waals surface area contributed by atoms with E-state index in [9.17, 15) is 9.59 Å². The monoisotopic (exact) mass is 363 g/mol. The van der Waals surface area contributed by atoms with Crippen molar-refractivity contribution in [2.24, 2.45) is 0 Å². The van der Waals surface area contributed by atoms with Gasteiger partial charge in [0.2, 0.25) is 11.8 Å². The number of carbonyl (C=O) groups is 2. The number of rotatable bonds is 9. The van der Waals surface area contributed by atoms with Gasteiger partial charge in [0.1, 0.15) is 5.54 Å². The van der Waals surface area contributed by atoms with E-state index in [4.69, 9.17) is 0 Å². The van der Waals surface area contributed by atoms with Crippen molar-refractivity contribution in [2.45, 2.75) is 63.2 Å². The Morgan fingerprint density at radius 1 is 1.28 bits per heavy atom. The van der Waals surface area contributed by atoms with Gasteiger partial charge >= 0.3 is 0 Å². The molecule has 1 saturated carbocycles. The molecule has 1 aliphatic carbocycles. The van der Waals surface area contributed by atoms with Gasteiger partial charge in [-0.05, 0) is 30.9 Å². The Kier molecular flexibility index (Phi) is 8.25. The molecule has 25 heavy (non-hydrogen) atoms. The molecule has 0 bridgehead atoms. The van der Waals surface area contributed by atoms with Crippen molar-refractivity contribution in [3.05, 3.63) is 30.1 Å². The van der Waals surface area contributed by atoms with Crippen LogP contribution < -0.4 is 10.6 Å². The van der Waals surface area contributed by atoms with E-state index >= 15 is 0 Å². The zero-order chi connectivity index (χ0) is 18.0. The molecule has 1 fully saturated rings. The van der Waals surface area contributed by atoms with Crippen LogP contribution in [-0.4, -0.2) is 34.6 Å². The number of unbranched alkanes of at least 4 members (excludes halogenated alkanes) is 1. The topological polar surface area (TPSA) is 71.1 Å². The van der Waals surface area contributed by atoms with E-state index in [1.54, 1.807) is 18.0 Å². The Bertz CT molecular complexity index is 545. The van der Waals surface area contributed by atoms with Crippen molar-refractivity contribution in [3.8, 4) is 0 Å². The first-order valence-electron chi connectivity index (χ1n) is 9.22. The highest BCUT2D eigenvalue weighted by atomic mass is 32.2. The van der Waals surface area contributed by atoms with Crippen LogP contribution >= 0.6 is 11.8 Å². The van der Waals surface area contributed by atoms with Gasteiger partial charge in [0.15, 0.2) is 0 Å². The van der Waals surface area contributed by atoms with E-state index in [1.165, 1.54) is 0 Å². The summed E-state index contributed by atoms with van der Waals surface area (Å²) in [6.07, 6.45) is 10.2. The average Bonchev–Trinajstić information content (AvgIpc) is 2.63. The highest BCUT2D eigenvalue weighted by molar-refractivity contribution is 7.99. The van der Waals surface area contributed by atoms with Crippen LogP contribution in [0.1, 0.15) is 57.4 Å². The molecule has 1 aromatic rings. The second kappa shape index (κ2) is 10.4. The molecule has 5 nitrogen and oxygen atoms in total. The molecule has 2 N–H and O–H groups in total. The largest absolute Gasteiger partial charge is 0.354 e. The number of thioether (sulfide) groups is 1. The summed E-state index contributed by atoms with van der Waals surface area (Å²) in [6.45, 7) is 2.78. The molecule has 0 unspecified atom stereocenters. The number of aromatic nitrogens is 1. The fourth-order valence-corrected chi connectivity index (χ4v) is 3.93. The van der Waals surface area contributed by atoms with Crippen LogP contribution in [0.3, 0.4) is 0 Å². The van der Waals surface area contributed by atoms with Crippen LogP contribution in [-0.2, 0) is 15.3 Å². The highest BCUT2D eigenvalue weighted by Crippen LogP contribution is 2.28. The third-order valence-electron chi connectivity index (χ3n) is 4.56. The summed E-state index contributed by atoms with van der Waals surface area (Å²) in [5, 5.41) is 6.07. The van der Waals surface area contributed by atoms with Crippen molar-refractivity contribution >= 4 is 23.6 Å². The number of hydrogen-bond donors (Lipinski definition) is 2. The second-order valence-corrected chi connectivity index (χ2v) is 7.64. The van der Waals surface area contributed by atoms with Gasteiger partial charge in [-0.3, -0.25) is 14.6 Å². The van der Waals surface area contributed by atoms with Gasteiger partial charge < -0.3 is 10.6 Å². The minimum absolute atomic E-state index is 0.00809. The summed E-state index contributed by atoms with van der Waals surface area (Å²) in [6, 6.07) is 3.90. The number of hydrogen-bond acceptors (Lipinski definition) is 4. The molecule has 0 saturated heterocycles. The van der Waals surface area contributed by atoms with Gasteiger partial charge in [-0.2, -0.15) is 0 Å². The van der Waals surface area contributed by atoms with Crippen LogP contribution in [0.15, 0.2) is 24.5 Å². The lowest BCUT2D eigenvalue weighted by atomic mass is 9.80. The molecule has 138 valence electrons. The van der Waals surface area contributed by atoms with Crippen LogP contribution in [0.4, 0.5) is 0 Å². The zero-order valence-electron chi connectivity index (χ0n) is 15.1. The first kappa shape index (κ1) is 19.8. The highest BCUT2D eigenvalue weighted by Gasteiger charge is 2.40. The van der Waals surface area contributed by atoms with Gasteiger partial charge in [0.25, 0.3) is 0 Å². The van der Waals surface area contributed by atoms with E-state index in [2.05, 4.69) is 22.5 Å². The van der Waals surface area contributed by atoms with E-state index in [1.807, 2.05) is 18.3 Å². The molecule has 6 heteroatoms. The van der Waals surface area contributed by atoms with Crippen molar-refractivity contribution in [3.63, 3.8) is 0 Å². The molecule has 0 atom stereocenters. The minimum atomic E-state index is -0.710. The molecule has 1 aromatic heterocycles. The third kappa shape index (κ3) is 6.34. The summed E-state index contributed by atoms with van der Waals surface area (Å²) >= 11 is 1.55. The molecule has 0 aromatic carbocycles. The van der Waals surface area contributed by atoms with Crippen LogP contribution in [0.25, 0.3) is 0 Å². The number of carbonyl (C=O) groups excluding carboxylic acids is 2. The van der Waals surface area contributed by atoms with Gasteiger partial charge in [0.05, 0.1) is 5.75 Å². The molecule has 2 rings (SSSR count). The molecule has 0 spiro atoms. The van der Waals surface area contributed by atoms with E-state index in [0.29, 0.717) is 12.3 Å². The van der Waals surface area contributed by atoms with E-state index in [-0.39, 0.29) is 11.8 Å². The maximum atomic E-state index is 12.7. The molecule has 0 radical (unpaired) electrons. The SMILES string of the molecule is CCCCNC(=O)C1(NC(=O)CSCc2cccnc2)CCCCC1. The number of nitrogens with one attached hydrogen (secondary N) is 2. The summed E-state index contributed by atoms with van der Waals surface area (Å²) in [5.74, 6) is 1.04. The Hall–Kier alpha value is -1.56. The number of amides is 2. The normalized spacial score (nSPS) is 16.2. The van der Waals surface area contributed by atoms with Gasteiger partial charge in [0, 0.05) is 24.7 Å². The Labute approximate surface area is 154 Å². The summed E-state index contributed by atoms with van der Waals surface area (Å²) in [5.41, 5.74) is 0.391.